The zero-order chi connectivity index (χ0) is 12.7. The Morgan fingerprint density at radius 1 is 1.35 bits per heavy atom. The van der Waals surface area contributed by atoms with Crippen molar-refractivity contribution in [2.75, 3.05) is 13.1 Å². The van der Waals surface area contributed by atoms with Crippen molar-refractivity contribution in [2.45, 2.75) is 57.9 Å². The van der Waals surface area contributed by atoms with Crippen LogP contribution in [0.1, 0.15) is 52.4 Å². The van der Waals surface area contributed by atoms with Gasteiger partial charge >= 0.3 is 6.03 Å². The van der Waals surface area contributed by atoms with Gasteiger partial charge < -0.3 is 16.4 Å². The first-order valence-electron chi connectivity index (χ1n) is 6.86. The van der Waals surface area contributed by atoms with Crippen LogP contribution in [0.5, 0.6) is 0 Å². The van der Waals surface area contributed by atoms with Crippen molar-refractivity contribution in [2.24, 2.45) is 11.7 Å². The fourth-order valence-corrected chi connectivity index (χ4v) is 2.21. The molecular weight excluding hydrogens is 214 g/mol. The van der Waals surface area contributed by atoms with Crippen LogP contribution in [0.3, 0.4) is 0 Å². The van der Waals surface area contributed by atoms with Crippen molar-refractivity contribution in [3.8, 4) is 0 Å². The number of unbranched alkanes of at least 4 members (excludes halogenated alkanes) is 1. The van der Waals surface area contributed by atoms with E-state index in [9.17, 15) is 4.79 Å². The Morgan fingerprint density at radius 2 is 2.00 bits per heavy atom. The van der Waals surface area contributed by atoms with Crippen LogP contribution in [0.15, 0.2) is 0 Å². The van der Waals surface area contributed by atoms with Crippen molar-refractivity contribution in [1.82, 2.24) is 10.6 Å². The molecule has 0 bridgehead atoms. The zero-order valence-corrected chi connectivity index (χ0v) is 11.2. The zero-order valence-electron chi connectivity index (χ0n) is 11.2. The third-order valence-electron chi connectivity index (χ3n) is 3.69. The van der Waals surface area contributed by atoms with Gasteiger partial charge in [-0.15, -0.1) is 0 Å². The first-order chi connectivity index (χ1) is 8.06. The van der Waals surface area contributed by atoms with E-state index < -0.39 is 0 Å². The summed E-state index contributed by atoms with van der Waals surface area (Å²) in [4.78, 5) is 11.5. The largest absolute Gasteiger partial charge is 0.338 e. The molecule has 1 aliphatic rings. The van der Waals surface area contributed by atoms with Crippen LogP contribution in [-0.2, 0) is 0 Å². The van der Waals surface area contributed by atoms with Gasteiger partial charge in [0.25, 0.3) is 0 Å². The fourth-order valence-electron chi connectivity index (χ4n) is 2.21. The predicted octanol–water partition coefficient (Wildman–Crippen LogP) is 1.99. The molecule has 1 fully saturated rings. The molecule has 0 aromatic heterocycles. The van der Waals surface area contributed by atoms with Crippen LogP contribution in [0.4, 0.5) is 4.79 Å². The Balaban J connectivity index is 2.18. The van der Waals surface area contributed by atoms with E-state index in [-0.39, 0.29) is 11.6 Å². The first kappa shape index (κ1) is 14.3. The molecule has 0 aromatic rings. The summed E-state index contributed by atoms with van der Waals surface area (Å²) in [6, 6.07) is -0.0816. The maximum Gasteiger partial charge on any atom is 0.314 e. The fraction of sp³-hybridized carbons (Fsp3) is 0.923. The molecule has 0 atom stereocenters. The molecule has 4 nitrogen and oxygen atoms in total. The van der Waals surface area contributed by atoms with E-state index in [2.05, 4.69) is 24.5 Å². The highest BCUT2D eigenvalue weighted by atomic mass is 16.2. The maximum atomic E-state index is 11.5. The summed E-state index contributed by atoms with van der Waals surface area (Å²) in [5.41, 5.74) is 6.10. The number of rotatable bonds is 5. The van der Waals surface area contributed by atoms with Gasteiger partial charge in [0.05, 0.1) is 0 Å². The highest BCUT2D eigenvalue weighted by Crippen LogP contribution is 2.29. The van der Waals surface area contributed by atoms with Gasteiger partial charge in [0.1, 0.15) is 0 Å². The summed E-state index contributed by atoms with van der Waals surface area (Å²) >= 11 is 0. The molecule has 4 N–H and O–H groups in total. The van der Waals surface area contributed by atoms with Crippen LogP contribution in [0.25, 0.3) is 0 Å². The lowest BCUT2D eigenvalue weighted by Gasteiger charge is -2.36. The summed E-state index contributed by atoms with van der Waals surface area (Å²) in [5.74, 6) is 0.782. The van der Waals surface area contributed by atoms with Crippen LogP contribution < -0.4 is 16.4 Å². The lowest BCUT2D eigenvalue weighted by Crippen LogP contribution is -2.53. The molecule has 4 heteroatoms. The minimum atomic E-state index is -0.186. The van der Waals surface area contributed by atoms with Gasteiger partial charge in [-0.25, -0.2) is 4.79 Å². The summed E-state index contributed by atoms with van der Waals surface area (Å²) in [6.45, 7) is 5.72. The Bertz CT molecular complexity index is 235. The Kier molecular flexibility index (Phi) is 5.75. The molecule has 0 aliphatic heterocycles. The molecule has 17 heavy (non-hydrogen) atoms. The van der Waals surface area contributed by atoms with Crippen LogP contribution in [0.2, 0.25) is 0 Å². The van der Waals surface area contributed by atoms with E-state index >= 15 is 0 Å². The third-order valence-corrected chi connectivity index (χ3v) is 3.69. The van der Waals surface area contributed by atoms with E-state index in [0.29, 0.717) is 6.54 Å². The number of hydrogen-bond acceptors (Lipinski definition) is 2. The Hall–Kier alpha value is -0.770. The van der Waals surface area contributed by atoms with Crippen LogP contribution in [-0.4, -0.2) is 24.7 Å². The molecule has 2 amide bonds. The first-order valence-corrected chi connectivity index (χ1v) is 6.86. The average molecular weight is 241 g/mol. The van der Waals surface area contributed by atoms with Crippen molar-refractivity contribution in [3.63, 3.8) is 0 Å². The number of carbonyl (C=O) groups is 1. The van der Waals surface area contributed by atoms with E-state index in [1.54, 1.807) is 0 Å². The van der Waals surface area contributed by atoms with Gasteiger partial charge in [0.2, 0.25) is 0 Å². The molecule has 0 radical (unpaired) electrons. The SMILES string of the molecule is CCCCNC(=O)NCC1(N)CCC(C)CC1. The Labute approximate surface area is 105 Å². The number of nitrogens with two attached hydrogens (primary N) is 1. The number of nitrogens with one attached hydrogen (secondary N) is 2. The van der Waals surface area contributed by atoms with Crippen molar-refractivity contribution < 1.29 is 4.79 Å². The third kappa shape index (κ3) is 5.39. The van der Waals surface area contributed by atoms with Crippen molar-refractivity contribution in [1.29, 1.82) is 0 Å². The van der Waals surface area contributed by atoms with Gasteiger partial charge in [-0.3, -0.25) is 0 Å². The molecule has 0 heterocycles. The van der Waals surface area contributed by atoms with Crippen molar-refractivity contribution in [3.05, 3.63) is 0 Å². The average Bonchev–Trinajstić information content (AvgIpc) is 2.32. The maximum absolute atomic E-state index is 11.5. The minimum Gasteiger partial charge on any atom is -0.338 e. The standard InChI is InChI=1S/C13H27N3O/c1-3-4-9-15-12(17)16-10-13(14)7-5-11(2)6-8-13/h11H,3-10,14H2,1-2H3,(H2,15,16,17). The summed E-state index contributed by atoms with van der Waals surface area (Å²) < 4.78 is 0. The molecular formula is C13H27N3O. The minimum absolute atomic E-state index is 0.0816. The highest BCUT2D eigenvalue weighted by molar-refractivity contribution is 5.73. The summed E-state index contributed by atoms with van der Waals surface area (Å²) in [7, 11) is 0. The van der Waals surface area contributed by atoms with E-state index in [4.69, 9.17) is 5.73 Å². The molecule has 1 saturated carbocycles. The van der Waals surface area contributed by atoms with Gasteiger partial charge in [-0.05, 0) is 38.0 Å². The number of hydrogen-bond donors (Lipinski definition) is 3. The lowest BCUT2D eigenvalue weighted by molar-refractivity contribution is 0.219. The topological polar surface area (TPSA) is 67.2 Å². The molecule has 100 valence electrons. The van der Waals surface area contributed by atoms with Gasteiger partial charge in [-0.2, -0.15) is 0 Å². The molecule has 1 rings (SSSR count). The Morgan fingerprint density at radius 3 is 2.59 bits per heavy atom. The summed E-state index contributed by atoms with van der Waals surface area (Å²) in [6.07, 6.45) is 6.51. The lowest BCUT2D eigenvalue weighted by atomic mass is 9.78. The number of urea groups is 1. The monoisotopic (exact) mass is 241 g/mol. The second-order valence-electron chi connectivity index (χ2n) is 5.51. The van der Waals surface area contributed by atoms with Gasteiger partial charge in [0.15, 0.2) is 0 Å². The highest BCUT2D eigenvalue weighted by Gasteiger charge is 2.30. The van der Waals surface area contributed by atoms with Gasteiger partial charge in [0, 0.05) is 18.6 Å². The normalized spacial score (nSPS) is 28.8. The predicted molar refractivity (Wildman–Crippen MR) is 70.9 cm³/mol. The number of carbonyl (C=O) groups excluding carboxylic acids is 1. The van der Waals surface area contributed by atoms with Crippen LogP contribution in [0, 0.1) is 5.92 Å². The second kappa shape index (κ2) is 6.84. The number of amides is 2. The molecule has 0 spiro atoms. The molecule has 0 saturated heterocycles. The molecule has 0 unspecified atom stereocenters. The van der Waals surface area contributed by atoms with Crippen molar-refractivity contribution >= 4 is 6.03 Å². The van der Waals surface area contributed by atoms with Crippen LogP contribution >= 0.6 is 0 Å². The molecule has 0 aromatic carbocycles. The second-order valence-corrected chi connectivity index (χ2v) is 5.51. The van der Waals surface area contributed by atoms with E-state index in [0.717, 1.165) is 38.1 Å². The smallest absolute Gasteiger partial charge is 0.314 e. The van der Waals surface area contributed by atoms with E-state index in [1.165, 1.54) is 12.8 Å². The molecule has 1 aliphatic carbocycles. The quantitative estimate of drug-likeness (QED) is 0.644. The summed E-state index contributed by atoms with van der Waals surface area (Å²) in [5, 5.41) is 5.74. The van der Waals surface area contributed by atoms with E-state index in [1.807, 2.05) is 0 Å². The van der Waals surface area contributed by atoms with Gasteiger partial charge in [-0.1, -0.05) is 20.3 Å².